The van der Waals surface area contributed by atoms with Crippen molar-refractivity contribution in [2.45, 2.75) is 116 Å². The molecule has 0 rings (SSSR count). The van der Waals surface area contributed by atoms with E-state index in [9.17, 15) is 19.0 Å². The van der Waals surface area contributed by atoms with E-state index in [1.807, 2.05) is 36.5 Å². The lowest BCUT2D eigenvalue weighted by atomic mass is 10.1. The fourth-order valence-electron chi connectivity index (χ4n) is 4.16. The zero-order chi connectivity index (χ0) is 36.8. The lowest BCUT2D eigenvalue weighted by molar-refractivity contribution is -0.161. The Balaban J connectivity index is 4.40. The molecule has 0 fully saturated rings. The third kappa shape index (κ3) is 34.8. The lowest BCUT2D eigenvalue weighted by Gasteiger charge is -2.19. The van der Waals surface area contributed by atoms with E-state index in [0.29, 0.717) is 12.8 Å². The molecule has 0 bridgehead atoms. The summed E-state index contributed by atoms with van der Waals surface area (Å²) in [6.07, 6.45) is 44.4. The summed E-state index contributed by atoms with van der Waals surface area (Å²) in [5.74, 6) is -0.926. The molecule has 282 valence electrons. The highest BCUT2D eigenvalue weighted by Crippen LogP contribution is 2.43. The quantitative estimate of drug-likeness (QED) is 0.0229. The molecule has 2 unspecified atom stereocenters. The maximum absolute atomic E-state index is 12.5. The van der Waals surface area contributed by atoms with Crippen molar-refractivity contribution in [1.29, 1.82) is 0 Å². The fourth-order valence-corrected chi connectivity index (χ4v) is 4.93. The Kier molecular flexibility index (Phi) is 33.6. The smallest absolute Gasteiger partial charge is 0.462 e. The predicted octanol–water partition coefficient (Wildman–Crippen LogP) is 9.87. The van der Waals surface area contributed by atoms with Gasteiger partial charge in [-0.1, -0.05) is 124 Å². The molecular formula is C40H64NO8P. The second kappa shape index (κ2) is 35.7. The van der Waals surface area contributed by atoms with E-state index in [-0.39, 0.29) is 32.6 Å². The number of allylic oxidation sites excluding steroid dienone is 16. The molecule has 0 aliphatic carbocycles. The number of phosphoric ester groups is 1. The number of nitrogens with two attached hydrogens (primary N) is 1. The molecule has 0 amide bonds. The minimum atomic E-state index is -4.40. The van der Waals surface area contributed by atoms with E-state index in [1.165, 1.54) is 0 Å². The Morgan fingerprint density at radius 1 is 0.620 bits per heavy atom. The molecule has 9 nitrogen and oxygen atoms in total. The number of phosphoric acid groups is 1. The summed E-state index contributed by atoms with van der Waals surface area (Å²) in [5.41, 5.74) is 5.32. The van der Waals surface area contributed by atoms with Crippen molar-refractivity contribution in [2.75, 3.05) is 26.4 Å². The molecule has 10 heteroatoms. The zero-order valence-electron chi connectivity index (χ0n) is 30.6. The van der Waals surface area contributed by atoms with E-state index in [1.54, 1.807) is 0 Å². The van der Waals surface area contributed by atoms with Gasteiger partial charge in [0.25, 0.3) is 0 Å². The summed E-state index contributed by atoms with van der Waals surface area (Å²) in [5, 5.41) is 0. The van der Waals surface area contributed by atoms with Crippen LogP contribution in [0.4, 0.5) is 0 Å². The Bertz CT molecular complexity index is 1140. The predicted molar refractivity (Wildman–Crippen MR) is 205 cm³/mol. The van der Waals surface area contributed by atoms with Gasteiger partial charge in [-0.05, 0) is 70.6 Å². The second-order valence-corrected chi connectivity index (χ2v) is 12.9. The summed E-state index contributed by atoms with van der Waals surface area (Å²) in [7, 11) is -4.40. The minimum Gasteiger partial charge on any atom is -0.462 e. The van der Waals surface area contributed by atoms with Crippen LogP contribution in [0, 0.1) is 0 Å². The highest BCUT2D eigenvalue weighted by atomic mass is 31.2. The molecule has 0 saturated heterocycles. The van der Waals surface area contributed by atoms with Crippen LogP contribution in [0.25, 0.3) is 0 Å². The number of hydrogen-bond acceptors (Lipinski definition) is 8. The van der Waals surface area contributed by atoms with Gasteiger partial charge in [0.05, 0.1) is 13.2 Å². The van der Waals surface area contributed by atoms with Crippen molar-refractivity contribution >= 4 is 19.8 Å². The minimum absolute atomic E-state index is 0.0359. The SMILES string of the molecule is CC/C=C/C=C/C=C/C=C/CCCCCC(=O)OC(COC(=O)CCCCC/C=C/C/C=C/C/C=C/C/C=C/CC)COP(=O)(O)OCCN. The molecule has 0 aromatic rings. The largest absolute Gasteiger partial charge is 0.472 e. The number of esters is 2. The molecular weight excluding hydrogens is 653 g/mol. The van der Waals surface area contributed by atoms with Crippen LogP contribution in [0.1, 0.15) is 110 Å². The second-order valence-electron chi connectivity index (χ2n) is 11.4. The summed E-state index contributed by atoms with van der Waals surface area (Å²) in [6, 6.07) is 0. The van der Waals surface area contributed by atoms with Gasteiger partial charge in [0.2, 0.25) is 0 Å². The molecule has 0 aromatic carbocycles. The fraction of sp³-hybridized carbons (Fsp3) is 0.550. The van der Waals surface area contributed by atoms with Gasteiger partial charge < -0.3 is 20.1 Å². The van der Waals surface area contributed by atoms with E-state index >= 15 is 0 Å². The summed E-state index contributed by atoms with van der Waals surface area (Å²) >= 11 is 0. The van der Waals surface area contributed by atoms with Crippen LogP contribution in [0.5, 0.6) is 0 Å². The van der Waals surface area contributed by atoms with Gasteiger partial charge >= 0.3 is 19.8 Å². The molecule has 0 saturated carbocycles. The molecule has 2 atom stereocenters. The highest BCUT2D eigenvalue weighted by molar-refractivity contribution is 7.47. The third-order valence-corrected chi connectivity index (χ3v) is 7.79. The average molecular weight is 718 g/mol. The molecule has 0 aliphatic rings. The Morgan fingerprint density at radius 3 is 1.74 bits per heavy atom. The lowest BCUT2D eigenvalue weighted by Crippen LogP contribution is -2.29. The molecule has 0 aliphatic heterocycles. The Labute approximate surface area is 302 Å². The molecule has 0 radical (unpaired) electrons. The monoisotopic (exact) mass is 717 g/mol. The first-order valence-electron chi connectivity index (χ1n) is 18.3. The molecule has 50 heavy (non-hydrogen) atoms. The summed E-state index contributed by atoms with van der Waals surface area (Å²) < 4.78 is 32.5. The summed E-state index contributed by atoms with van der Waals surface area (Å²) in [6.45, 7) is 3.34. The van der Waals surface area contributed by atoms with Gasteiger partial charge in [0.15, 0.2) is 6.10 Å². The van der Waals surface area contributed by atoms with Crippen molar-refractivity contribution < 1.29 is 37.6 Å². The third-order valence-electron chi connectivity index (χ3n) is 6.81. The van der Waals surface area contributed by atoms with Crippen LogP contribution in [0.2, 0.25) is 0 Å². The number of unbranched alkanes of at least 4 members (excludes halogenated alkanes) is 6. The van der Waals surface area contributed by atoms with Crippen molar-refractivity contribution in [3.63, 3.8) is 0 Å². The standard InChI is InChI=1S/C40H64NO8P/c1-3-5-7-9-11-13-15-17-18-19-21-22-24-26-28-30-32-39(42)46-36-38(37-48-50(44,45)47-35-34-41)49-40(43)33-31-29-27-25-23-20-16-14-12-10-8-6-4-2/h5-8,10-14,16-18,20-23,38H,3-4,9,15,19,24-37,41H2,1-2H3,(H,44,45)/b7-5+,8-6+,12-10+,13-11+,16-14+,18-17+,22-21+,23-20+. The van der Waals surface area contributed by atoms with Crippen molar-refractivity contribution in [3.05, 3.63) is 97.2 Å². The number of hydrogen-bond donors (Lipinski definition) is 2. The number of rotatable bonds is 32. The zero-order valence-corrected chi connectivity index (χ0v) is 31.5. The van der Waals surface area contributed by atoms with Crippen LogP contribution in [-0.2, 0) is 32.7 Å². The van der Waals surface area contributed by atoms with Gasteiger partial charge in [-0.2, -0.15) is 0 Å². The first-order valence-corrected chi connectivity index (χ1v) is 19.8. The van der Waals surface area contributed by atoms with Gasteiger partial charge in [-0.3, -0.25) is 18.6 Å². The van der Waals surface area contributed by atoms with E-state index in [2.05, 4.69) is 74.6 Å². The van der Waals surface area contributed by atoms with Crippen molar-refractivity contribution in [3.8, 4) is 0 Å². The number of carbonyl (C=O) groups is 2. The maximum Gasteiger partial charge on any atom is 0.472 e. The van der Waals surface area contributed by atoms with Crippen LogP contribution in [0.3, 0.4) is 0 Å². The Morgan fingerprint density at radius 2 is 1.14 bits per heavy atom. The van der Waals surface area contributed by atoms with E-state index in [0.717, 1.165) is 70.6 Å². The van der Waals surface area contributed by atoms with Gasteiger partial charge in [0, 0.05) is 19.4 Å². The first kappa shape index (κ1) is 46.9. The van der Waals surface area contributed by atoms with Crippen molar-refractivity contribution in [1.82, 2.24) is 0 Å². The van der Waals surface area contributed by atoms with Crippen LogP contribution in [0.15, 0.2) is 97.2 Å². The van der Waals surface area contributed by atoms with Crippen LogP contribution < -0.4 is 5.73 Å². The molecule has 3 N–H and O–H groups in total. The molecule has 0 spiro atoms. The molecule has 0 heterocycles. The van der Waals surface area contributed by atoms with Gasteiger partial charge in [-0.15, -0.1) is 0 Å². The average Bonchev–Trinajstić information content (AvgIpc) is 3.10. The summed E-state index contributed by atoms with van der Waals surface area (Å²) in [4.78, 5) is 34.7. The van der Waals surface area contributed by atoms with Crippen molar-refractivity contribution in [2.24, 2.45) is 5.73 Å². The normalized spacial score (nSPS) is 14.6. The van der Waals surface area contributed by atoms with E-state index < -0.39 is 32.5 Å². The number of carbonyl (C=O) groups excluding carboxylic acids is 2. The van der Waals surface area contributed by atoms with Crippen LogP contribution >= 0.6 is 7.82 Å². The Hall–Kier alpha value is -3.07. The van der Waals surface area contributed by atoms with Crippen LogP contribution in [-0.4, -0.2) is 49.3 Å². The van der Waals surface area contributed by atoms with E-state index in [4.69, 9.17) is 24.3 Å². The molecule has 0 aromatic heterocycles. The topological polar surface area (TPSA) is 134 Å². The number of ether oxygens (including phenoxy) is 2. The first-order chi connectivity index (χ1) is 24.3. The van der Waals surface area contributed by atoms with Gasteiger partial charge in [-0.25, -0.2) is 4.57 Å². The highest BCUT2D eigenvalue weighted by Gasteiger charge is 2.25. The van der Waals surface area contributed by atoms with Gasteiger partial charge in [0.1, 0.15) is 6.61 Å². The maximum atomic E-state index is 12.5.